The van der Waals surface area contributed by atoms with Crippen molar-refractivity contribution in [2.24, 2.45) is 0 Å². The molecule has 6 nitrogen and oxygen atoms in total. The van der Waals surface area contributed by atoms with Gasteiger partial charge in [0.15, 0.2) is 5.69 Å². The van der Waals surface area contributed by atoms with E-state index in [1.54, 1.807) is 0 Å². The van der Waals surface area contributed by atoms with E-state index in [1.807, 2.05) is 6.92 Å². The van der Waals surface area contributed by atoms with Gasteiger partial charge in [0.1, 0.15) is 12.3 Å². The summed E-state index contributed by atoms with van der Waals surface area (Å²) in [4.78, 5) is 26.3. The van der Waals surface area contributed by atoms with Crippen molar-refractivity contribution < 1.29 is 19.4 Å². The molecule has 1 aromatic rings. The van der Waals surface area contributed by atoms with Crippen LogP contribution in [0.25, 0.3) is 0 Å². The second-order valence-corrected chi connectivity index (χ2v) is 3.27. The minimum Gasteiger partial charge on any atom is -0.505 e. The first-order chi connectivity index (χ1) is 8.15. The van der Waals surface area contributed by atoms with E-state index in [0.29, 0.717) is 6.61 Å². The zero-order chi connectivity index (χ0) is 12.7. The number of nitrogens with one attached hydrogen (secondary N) is 1. The van der Waals surface area contributed by atoms with Crippen molar-refractivity contribution in [2.75, 3.05) is 13.2 Å². The predicted octanol–water partition coefficient (Wildman–Crippen LogP) is 0.470. The van der Waals surface area contributed by atoms with Gasteiger partial charge in [-0.15, -0.1) is 0 Å². The summed E-state index contributed by atoms with van der Waals surface area (Å²) in [6.07, 6.45) is 2.10. The summed E-state index contributed by atoms with van der Waals surface area (Å²) in [5, 5.41) is 11.7. The van der Waals surface area contributed by atoms with E-state index in [2.05, 4.69) is 10.3 Å². The van der Waals surface area contributed by atoms with Crippen LogP contribution >= 0.6 is 0 Å². The maximum atomic E-state index is 11.5. The quantitative estimate of drug-likeness (QED) is 0.728. The summed E-state index contributed by atoms with van der Waals surface area (Å²) in [5.74, 6) is -1.36. The van der Waals surface area contributed by atoms with Crippen LogP contribution in [0.1, 0.15) is 23.8 Å². The Morgan fingerprint density at radius 3 is 2.94 bits per heavy atom. The van der Waals surface area contributed by atoms with Crippen LogP contribution in [0.3, 0.4) is 0 Å². The van der Waals surface area contributed by atoms with Gasteiger partial charge in [-0.25, -0.2) is 4.98 Å². The lowest BCUT2D eigenvalue weighted by atomic mass is 10.3. The summed E-state index contributed by atoms with van der Waals surface area (Å²) in [5.41, 5.74) is -0.115. The van der Waals surface area contributed by atoms with Gasteiger partial charge < -0.3 is 15.2 Å². The second kappa shape index (κ2) is 6.47. The van der Waals surface area contributed by atoms with Crippen molar-refractivity contribution in [1.29, 1.82) is 0 Å². The van der Waals surface area contributed by atoms with E-state index in [4.69, 9.17) is 4.74 Å². The lowest BCUT2D eigenvalue weighted by Gasteiger charge is -2.05. The Morgan fingerprint density at radius 1 is 1.53 bits per heavy atom. The monoisotopic (exact) mass is 238 g/mol. The molecule has 0 fully saturated rings. The molecule has 0 aromatic carbocycles. The molecule has 0 aliphatic carbocycles. The highest BCUT2D eigenvalue weighted by Crippen LogP contribution is 2.11. The van der Waals surface area contributed by atoms with Crippen LogP contribution in [-0.2, 0) is 9.53 Å². The van der Waals surface area contributed by atoms with Crippen molar-refractivity contribution in [3.63, 3.8) is 0 Å². The fourth-order valence-electron chi connectivity index (χ4n) is 1.07. The number of carbonyl (C=O) groups excluding carboxylic acids is 2. The van der Waals surface area contributed by atoms with Crippen molar-refractivity contribution in [1.82, 2.24) is 10.3 Å². The van der Waals surface area contributed by atoms with E-state index in [1.165, 1.54) is 18.3 Å². The molecule has 0 atom stereocenters. The van der Waals surface area contributed by atoms with Gasteiger partial charge in [0.25, 0.3) is 5.91 Å². The minimum atomic E-state index is -0.614. The van der Waals surface area contributed by atoms with Crippen molar-refractivity contribution in [3.8, 4) is 5.75 Å². The van der Waals surface area contributed by atoms with Crippen molar-refractivity contribution >= 4 is 11.9 Å². The summed E-state index contributed by atoms with van der Waals surface area (Å²) in [6, 6.07) is 2.85. The zero-order valence-corrected chi connectivity index (χ0v) is 9.47. The second-order valence-electron chi connectivity index (χ2n) is 3.27. The first kappa shape index (κ1) is 13.0. The maximum absolute atomic E-state index is 11.5. The summed E-state index contributed by atoms with van der Waals surface area (Å²) < 4.78 is 4.77. The number of esters is 1. The van der Waals surface area contributed by atoms with Crippen LogP contribution in [0.2, 0.25) is 0 Å². The average molecular weight is 238 g/mol. The summed E-state index contributed by atoms with van der Waals surface area (Å²) in [6.45, 7) is 1.95. The third-order valence-electron chi connectivity index (χ3n) is 1.86. The predicted molar refractivity (Wildman–Crippen MR) is 59.5 cm³/mol. The van der Waals surface area contributed by atoms with Crippen LogP contribution in [0.15, 0.2) is 18.3 Å². The number of aromatic hydroxyl groups is 1. The molecular weight excluding hydrogens is 224 g/mol. The van der Waals surface area contributed by atoms with E-state index < -0.39 is 11.9 Å². The standard InChI is InChI=1S/C11H14N2O4/c1-2-6-17-9(15)7-13-11(16)10-8(14)4-3-5-12-10/h3-5,14H,2,6-7H2,1H3,(H,13,16). The molecule has 0 spiro atoms. The van der Waals surface area contributed by atoms with Crippen molar-refractivity contribution in [2.45, 2.75) is 13.3 Å². The molecule has 0 aliphatic rings. The van der Waals surface area contributed by atoms with Gasteiger partial charge in [0.2, 0.25) is 0 Å². The number of nitrogens with zero attached hydrogens (tertiary/aromatic N) is 1. The van der Waals surface area contributed by atoms with Crippen molar-refractivity contribution in [3.05, 3.63) is 24.0 Å². The number of aromatic nitrogens is 1. The van der Waals surface area contributed by atoms with Gasteiger partial charge in [-0.1, -0.05) is 6.92 Å². The Balaban J connectivity index is 2.45. The van der Waals surface area contributed by atoms with Gasteiger partial charge in [0.05, 0.1) is 6.61 Å². The highest BCUT2D eigenvalue weighted by atomic mass is 16.5. The van der Waals surface area contributed by atoms with Gasteiger partial charge in [0, 0.05) is 6.20 Å². The Morgan fingerprint density at radius 2 is 2.29 bits per heavy atom. The number of ether oxygens (including phenoxy) is 1. The normalized spacial score (nSPS) is 9.71. The van der Waals surface area contributed by atoms with E-state index in [9.17, 15) is 14.7 Å². The lowest BCUT2D eigenvalue weighted by Crippen LogP contribution is -2.31. The van der Waals surface area contributed by atoms with E-state index in [-0.39, 0.29) is 18.0 Å². The molecule has 1 rings (SSSR count). The molecule has 17 heavy (non-hydrogen) atoms. The lowest BCUT2D eigenvalue weighted by molar-refractivity contribution is -0.142. The summed E-state index contributed by atoms with van der Waals surface area (Å²) in [7, 11) is 0. The molecular formula is C11H14N2O4. The average Bonchev–Trinajstić information content (AvgIpc) is 2.34. The number of rotatable bonds is 5. The van der Waals surface area contributed by atoms with Gasteiger partial charge >= 0.3 is 5.97 Å². The minimum absolute atomic E-state index is 0.115. The molecule has 92 valence electrons. The molecule has 1 aromatic heterocycles. The van der Waals surface area contributed by atoms with E-state index >= 15 is 0 Å². The first-order valence-electron chi connectivity index (χ1n) is 5.23. The molecule has 0 radical (unpaired) electrons. The van der Waals surface area contributed by atoms with E-state index in [0.717, 1.165) is 6.42 Å². The molecule has 0 bridgehead atoms. The number of hydrogen-bond acceptors (Lipinski definition) is 5. The van der Waals surface area contributed by atoms with Crippen LogP contribution < -0.4 is 5.32 Å². The Hall–Kier alpha value is -2.11. The Labute approximate surface area is 98.6 Å². The Kier molecular flexibility index (Phi) is 4.93. The highest BCUT2D eigenvalue weighted by Gasteiger charge is 2.13. The first-order valence-corrected chi connectivity index (χ1v) is 5.23. The largest absolute Gasteiger partial charge is 0.505 e. The fraction of sp³-hybridized carbons (Fsp3) is 0.364. The highest BCUT2D eigenvalue weighted by molar-refractivity contribution is 5.96. The van der Waals surface area contributed by atoms with Gasteiger partial charge in [-0.3, -0.25) is 9.59 Å². The smallest absolute Gasteiger partial charge is 0.325 e. The number of carbonyl (C=O) groups is 2. The molecule has 0 unspecified atom stereocenters. The molecule has 1 amide bonds. The SMILES string of the molecule is CCCOC(=O)CNC(=O)c1ncccc1O. The molecule has 0 saturated carbocycles. The molecule has 6 heteroatoms. The van der Waals surface area contributed by atoms with Gasteiger partial charge in [-0.05, 0) is 18.6 Å². The fourth-order valence-corrected chi connectivity index (χ4v) is 1.07. The van der Waals surface area contributed by atoms with Crippen LogP contribution in [0, 0.1) is 0 Å². The molecule has 0 aliphatic heterocycles. The van der Waals surface area contributed by atoms with Crippen LogP contribution in [0.4, 0.5) is 0 Å². The number of pyridine rings is 1. The third-order valence-corrected chi connectivity index (χ3v) is 1.86. The van der Waals surface area contributed by atoms with Gasteiger partial charge in [-0.2, -0.15) is 0 Å². The third kappa shape index (κ3) is 4.10. The zero-order valence-electron chi connectivity index (χ0n) is 9.47. The number of amides is 1. The summed E-state index contributed by atoms with van der Waals surface area (Å²) >= 11 is 0. The molecule has 1 heterocycles. The topological polar surface area (TPSA) is 88.5 Å². The van der Waals surface area contributed by atoms with Crippen LogP contribution in [-0.4, -0.2) is 35.1 Å². The maximum Gasteiger partial charge on any atom is 0.325 e. The van der Waals surface area contributed by atoms with Crippen LogP contribution in [0.5, 0.6) is 5.75 Å². The molecule has 2 N–H and O–H groups in total. The molecule has 0 saturated heterocycles. The number of hydrogen-bond donors (Lipinski definition) is 2. The Bertz CT molecular complexity index is 406.